The van der Waals surface area contributed by atoms with Crippen molar-refractivity contribution in [3.8, 4) is 5.75 Å². The van der Waals surface area contributed by atoms with Gasteiger partial charge >= 0.3 is 0 Å². The van der Waals surface area contributed by atoms with E-state index in [9.17, 15) is 34.8 Å². The van der Waals surface area contributed by atoms with Gasteiger partial charge in [0.2, 0.25) is 5.78 Å². The maximum atomic E-state index is 15.6. The summed E-state index contributed by atoms with van der Waals surface area (Å²) in [5.41, 5.74) is 0.956. The molecule has 1 aromatic carbocycles. The van der Waals surface area contributed by atoms with E-state index in [1.54, 1.807) is 0 Å². The molecule has 3 aliphatic rings. The summed E-state index contributed by atoms with van der Waals surface area (Å²) in [5, 5.41) is 47.4. The first kappa shape index (κ1) is 26.8. The minimum Gasteiger partial charge on any atom is -0.508 e. The second-order valence-corrected chi connectivity index (χ2v) is 11.3. The number of Topliss-reactive ketones (excluding diaryl/α,β-unsaturated/α-hetero) is 2. The molecule has 0 spiro atoms. The number of hydrogen-bond acceptors (Lipinski definition) is 9. The first-order valence-corrected chi connectivity index (χ1v) is 11.9. The van der Waals surface area contributed by atoms with Crippen molar-refractivity contribution in [1.82, 2.24) is 10.2 Å². The van der Waals surface area contributed by atoms with Gasteiger partial charge in [-0.05, 0) is 59.7 Å². The molecule has 1 saturated carbocycles. The molecule has 1 aromatic rings. The number of phenolic OH excluding ortho intramolecular Hbond substituents is 1. The lowest BCUT2D eigenvalue weighted by atomic mass is 9.57. The van der Waals surface area contributed by atoms with E-state index in [1.165, 1.54) is 25.1 Å². The van der Waals surface area contributed by atoms with Gasteiger partial charge in [-0.2, -0.15) is 0 Å². The number of aromatic hydroxyl groups is 1. The highest BCUT2D eigenvalue weighted by Crippen LogP contribution is 2.53. The van der Waals surface area contributed by atoms with E-state index >= 15 is 4.39 Å². The predicted octanol–water partition coefficient (Wildman–Crippen LogP) is 0.991. The largest absolute Gasteiger partial charge is 0.508 e. The Labute approximate surface area is 213 Å². The van der Waals surface area contributed by atoms with Crippen LogP contribution in [0, 0.1) is 17.7 Å². The number of carbonyl (C=O) groups is 3. The third kappa shape index (κ3) is 3.92. The molecule has 0 unspecified atom stereocenters. The predicted molar refractivity (Wildman–Crippen MR) is 131 cm³/mol. The molecule has 0 bridgehead atoms. The Morgan fingerprint density at radius 1 is 1.24 bits per heavy atom. The van der Waals surface area contributed by atoms with E-state index in [4.69, 9.17) is 5.73 Å². The van der Waals surface area contributed by atoms with Crippen LogP contribution < -0.4 is 11.1 Å². The molecule has 11 heteroatoms. The molecular weight excluding hydrogens is 485 g/mol. The number of nitrogens with one attached hydrogen (secondary N) is 1. The molecule has 0 aliphatic heterocycles. The molecule has 1 amide bonds. The summed E-state index contributed by atoms with van der Waals surface area (Å²) < 4.78 is 15.6. The van der Waals surface area contributed by atoms with Crippen LogP contribution in [-0.4, -0.2) is 74.1 Å². The summed E-state index contributed by atoms with van der Waals surface area (Å²) in [6.07, 6.45) is -0.201. The summed E-state index contributed by atoms with van der Waals surface area (Å²) in [6, 6.07) is -0.0309. The molecule has 200 valence electrons. The number of hydrogen-bond donors (Lipinski definition) is 6. The number of primary amides is 1. The Morgan fingerprint density at radius 2 is 1.86 bits per heavy atom. The highest BCUT2D eigenvalue weighted by molar-refractivity contribution is 6.24. The van der Waals surface area contributed by atoms with Crippen LogP contribution in [-0.2, 0) is 27.3 Å². The van der Waals surface area contributed by atoms with Gasteiger partial charge in [-0.1, -0.05) is 0 Å². The Kier molecular flexibility index (Phi) is 6.25. The van der Waals surface area contributed by atoms with Crippen LogP contribution >= 0.6 is 0 Å². The molecule has 0 heterocycles. The molecule has 0 saturated heterocycles. The summed E-state index contributed by atoms with van der Waals surface area (Å²) in [5.74, 6) is -8.31. The van der Waals surface area contributed by atoms with Gasteiger partial charge in [0, 0.05) is 34.7 Å². The SMILES string of the molecule is CN(C)[C@@H]1C(=O)C(C(N)=O)=C(O)[C@@]2(O)C(=O)C3=C(O)c4c(O)cc(CNC(C)(C)C)c(F)c4C[C@H]3C[C@@H]12. The smallest absolute Gasteiger partial charge is 0.255 e. The van der Waals surface area contributed by atoms with Gasteiger partial charge in [-0.3, -0.25) is 19.3 Å². The van der Waals surface area contributed by atoms with Crippen molar-refractivity contribution in [3.63, 3.8) is 0 Å². The van der Waals surface area contributed by atoms with Crippen molar-refractivity contribution in [1.29, 1.82) is 0 Å². The van der Waals surface area contributed by atoms with Crippen LogP contribution in [0.4, 0.5) is 4.39 Å². The number of phenols is 1. The topological polar surface area (TPSA) is 173 Å². The quantitative estimate of drug-likeness (QED) is 0.318. The number of rotatable bonds is 4. The van der Waals surface area contributed by atoms with Crippen molar-refractivity contribution >= 4 is 23.2 Å². The Hall–Kier alpha value is -3.28. The summed E-state index contributed by atoms with van der Waals surface area (Å²) in [7, 11) is 3.03. The van der Waals surface area contributed by atoms with E-state index in [0.29, 0.717) is 0 Å². The molecule has 10 nitrogen and oxygen atoms in total. The highest BCUT2D eigenvalue weighted by Gasteiger charge is 2.64. The molecular formula is C26H32FN3O7. The number of nitrogens with two attached hydrogens (primary N) is 1. The first-order chi connectivity index (χ1) is 17.0. The van der Waals surface area contributed by atoms with Gasteiger partial charge in [0.25, 0.3) is 5.91 Å². The first-order valence-electron chi connectivity index (χ1n) is 11.9. The number of halogens is 1. The minimum atomic E-state index is -2.73. The lowest BCUT2D eigenvalue weighted by Crippen LogP contribution is -2.65. The number of ketones is 2. The van der Waals surface area contributed by atoms with Crippen LogP contribution in [0.3, 0.4) is 0 Å². The fraction of sp³-hybridized carbons (Fsp3) is 0.500. The monoisotopic (exact) mass is 517 g/mol. The van der Waals surface area contributed by atoms with Crippen molar-refractivity contribution in [2.45, 2.75) is 57.3 Å². The fourth-order valence-electron chi connectivity index (χ4n) is 5.84. The molecule has 1 fully saturated rings. The number of carbonyl (C=O) groups excluding carboxylic acids is 3. The van der Waals surface area contributed by atoms with Crippen molar-refractivity contribution in [3.05, 3.63) is 45.5 Å². The zero-order valence-corrected chi connectivity index (χ0v) is 21.3. The van der Waals surface area contributed by atoms with Gasteiger partial charge in [0.1, 0.15) is 28.7 Å². The van der Waals surface area contributed by atoms with Crippen molar-refractivity contribution < 1.29 is 39.2 Å². The molecule has 37 heavy (non-hydrogen) atoms. The third-order valence-corrected chi connectivity index (χ3v) is 7.54. The molecule has 7 N–H and O–H groups in total. The number of aliphatic hydroxyl groups excluding tert-OH is 2. The van der Waals surface area contributed by atoms with E-state index in [2.05, 4.69) is 5.32 Å². The van der Waals surface area contributed by atoms with Crippen LogP contribution in [0.15, 0.2) is 23.0 Å². The third-order valence-electron chi connectivity index (χ3n) is 7.54. The normalized spacial score (nSPS) is 27.8. The number of benzene rings is 1. The summed E-state index contributed by atoms with van der Waals surface area (Å²) >= 11 is 0. The molecule has 0 radical (unpaired) electrons. The Morgan fingerprint density at radius 3 is 2.41 bits per heavy atom. The Balaban J connectivity index is 1.90. The van der Waals surface area contributed by atoms with Crippen LogP contribution in [0.25, 0.3) is 5.76 Å². The van der Waals surface area contributed by atoms with Crippen molar-refractivity contribution in [2.75, 3.05) is 14.1 Å². The zero-order valence-electron chi connectivity index (χ0n) is 21.3. The van der Waals surface area contributed by atoms with Gasteiger partial charge in [0.05, 0.1) is 11.6 Å². The summed E-state index contributed by atoms with van der Waals surface area (Å²) in [4.78, 5) is 40.3. The maximum absolute atomic E-state index is 15.6. The molecule has 4 rings (SSSR count). The van der Waals surface area contributed by atoms with Gasteiger partial charge in [0.15, 0.2) is 11.4 Å². The van der Waals surface area contributed by atoms with Crippen LogP contribution in [0.5, 0.6) is 5.75 Å². The second kappa shape index (κ2) is 8.64. The fourth-order valence-corrected chi connectivity index (χ4v) is 5.84. The standard InChI is InChI=1S/C26H32FN3O7/c1-25(2,3)29-9-11-8-14(31)16-12(18(11)27)6-10-7-13-19(30(4)5)21(33)17(24(28)36)23(35)26(13,37)22(34)15(10)20(16)32/h8,10,13,19,29,31-32,35,37H,6-7,9H2,1-5H3,(H2,28,36)/t10-,13-,19-,26-/m0/s1. The van der Waals surface area contributed by atoms with Gasteiger partial charge in [-0.25, -0.2) is 4.39 Å². The number of fused-ring (bicyclic) bond motifs is 3. The number of aliphatic hydroxyl groups is 3. The van der Waals surface area contributed by atoms with Gasteiger partial charge in [-0.15, -0.1) is 0 Å². The van der Waals surface area contributed by atoms with Gasteiger partial charge < -0.3 is 31.5 Å². The molecule has 4 atom stereocenters. The maximum Gasteiger partial charge on any atom is 0.255 e. The van der Waals surface area contributed by atoms with Crippen LogP contribution in [0.2, 0.25) is 0 Å². The van der Waals surface area contributed by atoms with E-state index in [-0.39, 0.29) is 47.2 Å². The van der Waals surface area contributed by atoms with E-state index in [1.807, 2.05) is 20.8 Å². The molecule has 3 aliphatic carbocycles. The number of likely N-dealkylation sites (N-methyl/N-ethyl adjacent to an activating group) is 1. The highest BCUT2D eigenvalue weighted by atomic mass is 19.1. The molecule has 0 aromatic heterocycles. The lowest BCUT2D eigenvalue weighted by Gasteiger charge is -2.50. The number of nitrogens with zero attached hydrogens (tertiary/aromatic N) is 1. The van der Waals surface area contributed by atoms with Crippen LogP contribution in [0.1, 0.15) is 43.9 Å². The minimum absolute atomic E-state index is 0.0105. The number of amides is 1. The van der Waals surface area contributed by atoms with E-state index < -0.39 is 69.6 Å². The average molecular weight is 518 g/mol. The summed E-state index contributed by atoms with van der Waals surface area (Å²) in [6.45, 7) is 5.81. The Bertz CT molecular complexity index is 1290. The van der Waals surface area contributed by atoms with Crippen molar-refractivity contribution in [2.24, 2.45) is 17.6 Å². The lowest BCUT2D eigenvalue weighted by molar-refractivity contribution is -0.153. The van der Waals surface area contributed by atoms with E-state index in [0.717, 1.165) is 0 Å². The average Bonchev–Trinajstić information content (AvgIpc) is 2.76. The second-order valence-electron chi connectivity index (χ2n) is 11.3. The zero-order chi connectivity index (χ0) is 27.8.